The lowest BCUT2D eigenvalue weighted by atomic mass is 10.2. The van der Waals surface area contributed by atoms with E-state index >= 15 is 0 Å². The number of anilines is 1. The first kappa shape index (κ1) is 16.7. The van der Waals surface area contributed by atoms with Crippen molar-refractivity contribution in [1.82, 2.24) is 10.2 Å². The number of rotatable bonds is 4. The van der Waals surface area contributed by atoms with Crippen molar-refractivity contribution >= 4 is 29.1 Å². The van der Waals surface area contributed by atoms with Crippen LogP contribution in [0.3, 0.4) is 0 Å². The number of morpholine rings is 1. The maximum Gasteiger partial charge on any atom is 0.313 e. The van der Waals surface area contributed by atoms with Gasteiger partial charge < -0.3 is 15.4 Å². The summed E-state index contributed by atoms with van der Waals surface area (Å²) in [6.45, 7) is 6.13. The smallest absolute Gasteiger partial charge is 0.313 e. The molecule has 1 aromatic carbocycles. The van der Waals surface area contributed by atoms with Crippen molar-refractivity contribution in [3.05, 3.63) is 28.8 Å². The van der Waals surface area contributed by atoms with Crippen LogP contribution >= 0.6 is 11.6 Å². The molecule has 0 radical (unpaired) electrons. The van der Waals surface area contributed by atoms with E-state index in [0.29, 0.717) is 37.0 Å². The second-order valence-electron chi connectivity index (χ2n) is 5.13. The summed E-state index contributed by atoms with van der Waals surface area (Å²) < 4.78 is 5.25. The molecule has 1 fully saturated rings. The summed E-state index contributed by atoms with van der Waals surface area (Å²) in [5.74, 6) is -1.34. The molecule has 2 rings (SSSR count). The lowest BCUT2D eigenvalue weighted by Gasteiger charge is -2.26. The van der Waals surface area contributed by atoms with Crippen molar-refractivity contribution in [1.29, 1.82) is 0 Å². The molecule has 1 saturated heterocycles. The SMILES string of the molecule is Cc1ccc(NC(=O)C(=O)NCCN2CCOCC2)cc1Cl. The van der Waals surface area contributed by atoms with E-state index < -0.39 is 11.8 Å². The summed E-state index contributed by atoms with van der Waals surface area (Å²) in [5.41, 5.74) is 1.42. The Morgan fingerprint density at radius 3 is 2.68 bits per heavy atom. The molecule has 0 saturated carbocycles. The van der Waals surface area contributed by atoms with Gasteiger partial charge in [-0.25, -0.2) is 0 Å². The molecular formula is C15H20ClN3O3. The molecule has 1 aromatic rings. The fourth-order valence-corrected chi connectivity index (χ4v) is 2.27. The number of nitrogens with one attached hydrogen (secondary N) is 2. The van der Waals surface area contributed by atoms with E-state index in [1.807, 2.05) is 6.92 Å². The van der Waals surface area contributed by atoms with E-state index in [1.165, 1.54) is 0 Å². The zero-order valence-corrected chi connectivity index (χ0v) is 13.3. The van der Waals surface area contributed by atoms with Gasteiger partial charge in [-0.15, -0.1) is 0 Å². The Morgan fingerprint density at radius 2 is 2.00 bits per heavy atom. The number of benzene rings is 1. The topological polar surface area (TPSA) is 70.7 Å². The second-order valence-corrected chi connectivity index (χ2v) is 5.54. The van der Waals surface area contributed by atoms with E-state index in [9.17, 15) is 9.59 Å². The number of nitrogens with zero attached hydrogens (tertiary/aromatic N) is 1. The molecule has 2 amide bonds. The van der Waals surface area contributed by atoms with Crippen LogP contribution in [0.25, 0.3) is 0 Å². The van der Waals surface area contributed by atoms with E-state index in [1.54, 1.807) is 18.2 Å². The molecule has 1 aliphatic rings. The Hall–Kier alpha value is -1.63. The Kier molecular flexibility index (Phi) is 6.18. The van der Waals surface area contributed by atoms with Crippen LogP contribution in [-0.2, 0) is 14.3 Å². The zero-order chi connectivity index (χ0) is 15.9. The molecule has 7 heteroatoms. The van der Waals surface area contributed by atoms with Gasteiger partial charge in [0.15, 0.2) is 0 Å². The Bertz CT molecular complexity index is 545. The highest BCUT2D eigenvalue weighted by molar-refractivity contribution is 6.39. The van der Waals surface area contributed by atoms with Gasteiger partial charge in [0.2, 0.25) is 0 Å². The van der Waals surface area contributed by atoms with E-state index in [2.05, 4.69) is 15.5 Å². The van der Waals surface area contributed by atoms with Crippen molar-refractivity contribution in [3.63, 3.8) is 0 Å². The summed E-state index contributed by atoms with van der Waals surface area (Å²) in [4.78, 5) is 25.7. The number of hydrogen-bond acceptors (Lipinski definition) is 4. The summed E-state index contributed by atoms with van der Waals surface area (Å²) in [6, 6.07) is 5.12. The highest BCUT2D eigenvalue weighted by Gasteiger charge is 2.15. The van der Waals surface area contributed by atoms with Gasteiger partial charge in [-0.1, -0.05) is 17.7 Å². The van der Waals surface area contributed by atoms with Crippen LogP contribution in [-0.4, -0.2) is 56.1 Å². The van der Waals surface area contributed by atoms with E-state index in [4.69, 9.17) is 16.3 Å². The van der Waals surface area contributed by atoms with Crippen LogP contribution < -0.4 is 10.6 Å². The molecule has 0 bridgehead atoms. The van der Waals surface area contributed by atoms with Crippen LogP contribution in [0, 0.1) is 6.92 Å². The van der Waals surface area contributed by atoms with Gasteiger partial charge in [-0.3, -0.25) is 14.5 Å². The highest BCUT2D eigenvalue weighted by Crippen LogP contribution is 2.19. The summed E-state index contributed by atoms with van der Waals surface area (Å²) >= 11 is 5.98. The fraction of sp³-hybridized carbons (Fsp3) is 0.467. The minimum absolute atomic E-state index is 0.431. The number of hydrogen-bond donors (Lipinski definition) is 2. The number of carbonyl (C=O) groups excluding carboxylic acids is 2. The van der Waals surface area contributed by atoms with Crippen molar-refractivity contribution in [2.45, 2.75) is 6.92 Å². The third kappa shape index (κ3) is 4.98. The van der Waals surface area contributed by atoms with Gasteiger partial charge >= 0.3 is 11.8 Å². The average molecular weight is 326 g/mol. The predicted octanol–water partition coefficient (Wildman–Crippen LogP) is 1.04. The minimum atomic E-state index is -0.693. The molecule has 2 N–H and O–H groups in total. The Labute approximate surface area is 134 Å². The largest absolute Gasteiger partial charge is 0.379 e. The van der Waals surface area contributed by atoms with Gasteiger partial charge in [0.1, 0.15) is 0 Å². The summed E-state index contributed by atoms with van der Waals surface area (Å²) in [7, 11) is 0. The average Bonchev–Trinajstić information content (AvgIpc) is 2.52. The molecule has 0 aliphatic carbocycles. The molecule has 0 unspecified atom stereocenters. The number of ether oxygens (including phenoxy) is 1. The fourth-order valence-electron chi connectivity index (χ4n) is 2.09. The lowest BCUT2D eigenvalue weighted by molar-refractivity contribution is -0.136. The highest BCUT2D eigenvalue weighted by atomic mass is 35.5. The predicted molar refractivity (Wildman–Crippen MR) is 85.1 cm³/mol. The monoisotopic (exact) mass is 325 g/mol. The first-order chi connectivity index (χ1) is 10.6. The van der Waals surface area contributed by atoms with Crippen LogP contribution in [0.1, 0.15) is 5.56 Å². The zero-order valence-electron chi connectivity index (χ0n) is 12.5. The lowest BCUT2D eigenvalue weighted by Crippen LogP contribution is -2.43. The normalized spacial score (nSPS) is 15.4. The third-order valence-electron chi connectivity index (χ3n) is 3.45. The van der Waals surface area contributed by atoms with Gasteiger partial charge in [0.05, 0.1) is 13.2 Å². The van der Waals surface area contributed by atoms with Gasteiger partial charge in [0.25, 0.3) is 0 Å². The first-order valence-electron chi connectivity index (χ1n) is 7.21. The van der Waals surface area contributed by atoms with Crippen molar-refractivity contribution in [2.75, 3.05) is 44.7 Å². The molecule has 0 aromatic heterocycles. The van der Waals surface area contributed by atoms with Crippen molar-refractivity contribution in [2.24, 2.45) is 0 Å². The number of carbonyl (C=O) groups is 2. The molecule has 1 heterocycles. The molecule has 1 aliphatic heterocycles. The van der Waals surface area contributed by atoms with E-state index in [-0.39, 0.29) is 0 Å². The Morgan fingerprint density at radius 1 is 1.27 bits per heavy atom. The number of aryl methyl sites for hydroxylation is 1. The van der Waals surface area contributed by atoms with Crippen LogP contribution in [0.4, 0.5) is 5.69 Å². The van der Waals surface area contributed by atoms with E-state index in [0.717, 1.165) is 18.7 Å². The molecule has 120 valence electrons. The quantitative estimate of drug-likeness (QED) is 0.811. The minimum Gasteiger partial charge on any atom is -0.379 e. The molecule has 22 heavy (non-hydrogen) atoms. The Balaban J connectivity index is 1.74. The summed E-state index contributed by atoms with van der Waals surface area (Å²) in [6.07, 6.45) is 0. The molecule has 6 nitrogen and oxygen atoms in total. The van der Waals surface area contributed by atoms with Gasteiger partial charge in [-0.2, -0.15) is 0 Å². The van der Waals surface area contributed by atoms with Crippen molar-refractivity contribution < 1.29 is 14.3 Å². The molecule has 0 spiro atoms. The van der Waals surface area contributed by atoms with Crippen molar-refractivity contribution in [3.8, 4) is 0 Å². The maximum absolute atomic E-state index is 11.8. The van der Waals surface area contributed by atoms with Gasteiger partial charge in [-0.05, 0) is 24.6 Å². The maximum atomic E-state index is 11.8. The molecular weight excluding hydrogens is 306 g/mol. The summed E-state index contributed by atoms with van der Waals surface area (Å²) in [5, 5.41) is 5.69. The first-order valence-corrected chi connectivity index (χ1v) is 7.59. The van der Waals surface area contributed by atoms with Crippen LogP contribution in [0.5, 0.6) is 0 Å². The van der Waals surface area contributed by atoms with Crippen LogP contribution in [0.2, 0.25) is 5.02 Å². The standard InChI is InChI=1S/C15H20ClN3O3/c1-11-2-3-12(10-13(11)16)18-15(21)14(20)17-4-5-19-6-8-22-9-7-19/h2-3,10H,4-9H2,1H3,(H,17,20)(H,18,21). The van der Waals surface area contributed by atoms with Gasteiger partial charge in [0, 0.05) is 36.9 Å². The number of halogens is 1. The number of amides is 2. The second kappa shape index (κ2) is 8.12. The van der Waals surface area contributed by atoms with Crippen LogP contribution in [0.15, 0.2) is 18.2 Å². The third-order valence-corrected chi connectivity index (χ3v) is 3.86. The molecule has 0 atom stereocenters.